The van der Waals surface area contributed by atoms with Crippen molar-refractivity contribution in [2.24, 2.45) is 5.16 Å². The molecule has 0 spiro atoms. The van der Waals surface area contributed by atoms with Crippen LogP contribution in [0.1, 0.15) is 28.6 Å². The van der Waals surface area contributed by atoms with E-state index < -0.39 is 5.97 Å². The molecule has 0 saturated heterocycles. The topological polar surface area (TPSA) is 64.7 Å². The molecule has 0 N–H and O–H groups in total. The van der Waals surface area contributed by atoms with Crippen LogP contribution in [0, 0.1) is 6.92 Å². The van der Waals surface area contributed by atoms with Gasteiger partial charge in [0, 0.05) is 5.56 Å². The summed E-state index contributed by atoms with van der Waals surface area (Å²) in [5.41, 5.74) is 2.27. The zero-order chi connectivity index (χ0) is 20.1. The number of nitrogens with zero attached hydrogens (tertiary/aromatic N) is 2. The Bertz CT molecular complexity index is 1040. The molecule has 0 aliphatic carbocycles. The van der Waals surface area contributed by atoms with Crippen LogP contribution in [0.25, 0.3) is 17.3 Å². The molecule has 5 nitrogen and oxygen atoms in total. The molecule has 0 amide bonds. The number of aromatic nitrogens is 1. The highest BCUT2D eigenvalue weighted by Crippen LogP contribution is 2.36. The molecule has 3 rings (SSSR count). The van der Waals surface area contributed by atoms with Crippen LogP contribution in [0.3, 0.4) is 0 Å². The number of carbonyl (C=O) groups excluding carboxylic acids is 1. The predicted octanol–water partition coefficient (Wildman–Crippen LogP) is 6.20. The van der Waals surface area contributed by atoms with E-state index in [0.717, 1.165) is 5.56 Å². The number of rotatable bonds is 5. The van der Waals surface area contributed by atoms with Gasteiger partial charge in [-0.3, -0.25) is 0 Å². The van der Waals surface area contributed by atoms with Gasteiger partial charge in [-0.05, 0) is 37.6 Å². The largest absolute Gasteiger partial charge is 0.371 e. The average molecular weight is 415 g/mol. The van der Waals surface area contributed by atoms with Crippen LogP contribution >= 0.6 is 23.2 Å². The Hall–Kier alpha value is -2.89. The van der Waals surface area contributed by atoms with Crippen molar-refractivity contribution >= 4 is 41.0 Å². The summed E-state index contributed by atoms with van der Waals surface area (Å²) in [6, 6.07) is 14.7. The van der Waals surface area contributed by atoms with Gasteiger partial charge in [-0.2, -0.15) is 0 Å². The maximum atomic E-state index is 12.6. The maximum Gasteiger partial charge on any atom is 0.371 e. The minimum absolute atomic E-state index is 0.124. The van der Waals surface area contributed by atoms with Crippen molar-refractivity contribution in [1.29, 1.82) is 0 Å². The molecule has 0 aliphatic rings. The Kier molecular flexibility index (Phi) is 6.29. The molecule has 0 bridgehead atoms. The quantitative estimate of drug-likeness (QED) is 0.283. The number of carbonyl (C=O) groups is 1. The van der Waals surface area contributed by atoms with E-state index in [-0.39, 0.29) is 17.0 Å². The van der Waals surface area contributed by atoms with Gasteiger partial charge in [0.15, 0.2) is 0 Å². The number of hydrogen-bond donors (Lipinski definition) is 0. The molecule has 0 saturated carbocycles. The molecular formula is C21H16Cl2N2O3. The van der Waals surface area contributed by atoms with Crippen molar-refractivity contribution in [2.45, 2.75) is 13.8 Å². The Morgan fingerprint density at radius 2 is 1.79 bits per heavy atom. The van der Waals surface area contributed by atoms with Gasteiger partial charge in [-0.1, -0.05) is 76.0 Å². The molecule has 7 heteroatoms. The molecule has 0 aliphatic heterocycles. The number of hydrogen-bond acceptors (Lipinski definition) is 5. The summed E-state index contributed by atoms with van der Waals surface area (Å²) in [7, 11) is 0. The number of benzene rings is 2. The highest BCUT2D eigenvalue weighted by Gasteiger charge is 2.26. The Morgan fingerprint density at radius 3 is 2.46 bits per heavy atom. The van der Waals surface area contributed by atoms with Crippen LogP contribution in [0.5, 0.6) is 0 Å². The van der Waals surface area contributed by atoms with Crippen molar-refractivity contribution in [3.05, 3.63) is 81.5 Å². The molecular weight excluding hydrogens is 399 g/mol. The van der Waals surface area contributed by atoms with E-state index in [2.05, 4.69) is 10.3 Å². The van der Waals surface area contributed by atoms with Crippen LogP contribution in [-0.4, -0.2) is 16.8 Å². The lowest BCUT2D eigenvalue weighted by Crippen LogP contribution is -2.05. The molecule has 3 aromatic rings. The van der Waals surface area contributed by atoms with E-state index in [4.69, 9.17) is 32.6 Å². The van der Waals surface area contributed by atoms with Gasteiger partial charge in [0.1, 0.15) is 17.0 Å². The van der Waals surface area contributed by atoms with Crippen molar-refractivity contribution in [2.75, 3.05) is 0 Å². The summed E-state index contributed by atoms with van der Waals surface area (Å²) in [6.45, 7) is 3.32. The summed E-state index contributed by atoms with van der Waals surface area (Å²) in [4.78, 5) is 17.7. The predicted molar refractivity (Wildman–Crippen MR) is 111 cm³/mol. The van der Waals surface area contributed by atoms with Crippen LogP contribution in [0.4, 0.5) is 0 Å². The zero-order valence-electron chi connectivity index (χ0n) is 15.1. The second kappa shape index (κ2) is 8.87. The van der Waals surface area contributed by atoms with E-state index >= 15 is 0 Å². The second-order valence-corrected chi connectivity index (χ2v) is 6.73. The summed E-state index contributed by atoms with van der Waals surface area (Å²) in [5.74, 6) is -0.430. The first-order valence-corrected chi connectivity index (χ1v) is 9.12. The first kappa shape index (κ1) is 19.9. The monoisotopic (exact) mass is 414 g/mol. The minimum Gasteiger partial charge on any atom is -0.360 e. The van der Waals surface area contributed by atoms with Crippen molar-refractivity contribution < 1.29 is 14.2 Å². The smallest absolute Gasteiger partial charge is 0.360 e. The number of aryl methyl sites for hydroxylation is 1. The second-order valence-electron chi connectivity index (χ2n) is 5.91. The van der Waals surface area contributed by atoms with Gasteiger partial charge in [0.2, 0.25) is 0 Å². The van der Waals surface area contributed by atoms with Crippen LogP contribution in [0.15, 0.2) is 64.3 Å². The lowest BCUT2D eigenvalue weighted by Gasteiger charge is -2.05. The van der Waals surface area contributed by atoms with Gasteiger partial charge < -0.3 is 9.36 Å². The standard InChI is InChI=1S/C21H16Cl2N2O3/c1-13(11-12-15-7-4-3-5-8-15)24-28-21(26)18-14(2)27-25-20(18)19-16(22)9-6-10-17(19)23/h3-12H,1-2H3/b12-11+,24-13-. The first-order chi connectivity index (χ1) is 13.5. The lowest BCUT2D eigenvalue weighted by atomic mass is 10.1. The highest BCUT2D eigenvalue weighted by atomic mass is 35.5. The fourth-order valence-corrected chi connectivity index (χ4v) is 3.05. The Morgan fingerprint density at radius 1 is 1.11 bits per heavy atom. The van der Waals surface area contributed by atoms with Crippen LogP contribution in [0.2, 0.25) is 10.0 Å². The van der Waals surface area contributed by atoms with E-state index in [0.29, 0.717) is 21.3 Å². The fourth-order valence-electron chi connectivity index (χ4n) is 2.48. The minimum atomic E-state index is -0.711. The van der Waals surface area contributed by atoms with Crippen LogP contribution < -0.4 is 0 Å². The third kappa shape index (κ3) is 4.50. The summed E-state index contributed by atoms with van der Waals surface area (Å²) in [6.07, 6.45) is 3.61. The Balaban J connectivity index is 1.82. The van der Waals surface area contributed by atoms with Gasteiger partial charge in [0.25, 0.3) is 0 Å². The molecule has 0 unspecified atom stereocenters. The van der Waals surface area contributed by atoms with E-state index in [9.17, 15) is 4.79 Å². The first-order valence-electron chi connectivity index (χ1n) is 8.37. The normalized spacial score (nSPS) is 11.8. The SMILES string of the molecule is CC(/C=C/c1ccccc1)=N/OC(=O)c1c(-c2c(Cl)cccc2Cl)noc1C. The highest BCUT2D eigenvalue weighted by molar-refractivity contribution is 6.39. The number of oxime groups is 1. The van der Waals surface area contributed by atoms with Gasteiger partial charge >= 0.3 is 5.97 Å². The Labute approximate surface area is 172 Å². The summed E-state index contributed by atoms with van der Waals surface area (Å²) >= 11 is 12.4. The van der Waals surface area contributed by atoms with Gasteiger partial charge in [-0.25, -0.2) is 4.79 Å². The number of halogens is 2. The third-order valence-electron chi connectivity index (χ3n) is 3.86. The average Bonchev–Trinajstić information content (AvgIpc) is 3.06. The molecule has 0 radical (unpaired) electrons. The molecule has 142 valence electrons. The van der Waals surface area contributed by atoms with Crippen LogP contribution in [-0.2, 0) is 4.84 Å². The summed E-state index contributed by atoms with van der Waals surface area (Å²) in [5, 5.41) is 8.48. The molecule has 2 aromatic carbocycles. The van der Waals surface area contributed by atoms with E-state index in [1.165, 1.54) is 0 Å². The third-order valence-corrected chi connectivity index (χ3v) is 4.49. The zero-order valence-corrected chi connectivity index (χ0v) is 16.7. The lowest BCUT2D eigenvalue weighted by molar-refractivity contribution is 0.0515. The fraction of sp³-hybridized carbons (Fsp3) is 0.0952. The van der Waals surface area contributed by atoms with Crippen molar-refractivity contribution in [3.8, 4) is 11.3 Å². The van der Waals surface area contributed by atoms with Gasteiger partial charge in [-0.15, -0.1) is 0 Å². The molecule has 0 atom stereocenters. The van der Waals surface area contributed by atoms with E-state index in [1.807, 2.05) is 36.4 Å². The van der Waals surface area contributed by atoms with Crippen molar-refractivity contribution in [3.63, 3.8) is 0 Å². The molecule has 0 fully saturated rings. The van der Waals surface area contributed by atoms with Crippen molar-refractivity contribution in [1.82, 2.24) is 5.16 Å². The number of allylic oxidation sites excluding steroid dienone is 1. The van der Waals surface area contributed by atoms with Gasteiger partial charge in [0.05, 0.1) is 15.8 Å². The molecule has 1 aromatic heterocycles. The summed E-state index contributed by atoms with van der Waals surface area (Å²) < 4.78 is 5.16. The van der Waals surface area contributed by atoms with E-state index in [1.54, 1.807) is 38.1 Å². The maximum absolute atomic E-state index is 12.6. The molecule has 1 heterocycles. The molecule has 28 heavy (non-hydrogen) atoms.